The molecule has 0 radical (unpaired) electrons. The SMILES string of the molecule is Cc1cc2ccccc2n(CCC(=O)Nc2ccc(F)cc2)c1=O. The third kappa shape index (κ3) is 3.35. The molecule has 1 heterocycles. The number of fused-ring (bicyclic) bond motifs is 1. The highest BCUT2D eigenvalue weighted by Crippen LogP contribution is 2.14. The highest BCUT2D eigenvalue weighted by molar-refractivity contribution is 5.90. The summed E-state index contributed by atoms with van der Waals surface area (Å²) in [6, 6.07) is 15.0. The van der Waals surface area contributed by atoms with Gasteiger partial charge in [-0.25, -0.2) is 4.39 Å². The average molecular weight is 324 g/mol. The molecule has 0 fully saturated rings. The Morgan fingerprint density at radius 2 is 1.83 bits per heavy atom. The van der Waals surface area contributed by atoms with Gasteiger partial charge in [0.15, 0.2) is 0 Å². The Balaban J connectivity index is 1.78. The summed E-state index contributed by atoms with van der Waals surface area (Å²) < 4.78 is 14.5. The first-order valence-corrected chi connectivity index (χ1v) is 7.69. The lowest BCUT2D eigenvalue weighted by molar-refractivity contribution is -0.116. The van der Waals surface area contributed by atoms with E-state index in [0.717, 1.165) is 10.9 Å². The summed E-state index contributed by atoms with van der Waals surface area (Å²) in [5.41, 5.74) is 1.89. The summed E-state index contributed by atoms with van der Waals surface area (Å²) in [5.74, 6) is -0.579. The molecule has 122 valence electrons. The summed E-state index contributed by atoms with van der Waals surface area (Å²) in [4.78, 5) is 24.5. The topological polar surface area (TPSA) is 51.1 Å². The number of nitrogens with one attached hydrogen (secondary N) is 1. The molecule has 4 nitrogen and oxygen atoms in total. The molecule has 0 atom stereocenters. The van der Waals surface area contributed by atoms with Crippen LogP contribution in [0, 0.1) is 12.7 Å². The van der Waals surface area contributed by atoms with Crippen molar-refractivity contribution in [2.45, 2.75) is 19.9 Å². The zero-order chi connectivity index (χ0) is 17.1. The van der Waals surface area contributed by atoms with Crippen LogP contribution in [0.4, 0.5) is 10.1 Å². The predicted octanol–water partition coefficient (Wildman–Crippen LogP) is 3.48. The number of halogens is 1. The second-order valence-corrected chi connectivity index (χ2v) is 5.65. The van der Waals surface area contributed by atoms with Crippen molar-refractivity contribution < 1.29 is 9.18 Å². The molecule has 0 aliphatic carbocycles. The molecule has 0 spiro atoms. The first-order chi connectivity index (χ1) is 11.5. The maximum Gasteiger partial charge on any atom is 0.253 e. The van der Waals surface area contributed by atoms with Crippen LogP contribution in [0.15, 0.2) is 59.4 Å². The zero-order valence-electron chi connectivity index (χ0n) is 13.3. The van der Waals surface area contributed by atoms with E-state index in [4.69, 9.17) is 0 Å². The number of hydrogen-bond donors (Lipinski definition) is 1. The van der Waals surface area contributed by atoms with Crippen LogP contribution < -0.4 is 10.9 Å². The van der Waals surface area contributed by atoms with Crippen molar-refractivity contribution in [3.63, 3.8) is 0 Å². The fourth-order valence-corrected chi connectivity index (χ4v) is 2.66. The number of aryl methyl sites for hydroxylation is 2. The Morgan fingerprint density at radius 3 is 2.58 bits per heavy atom. The minimum atomic E-state index is -0.356. The van der Waals surface area contributed by atoms with Gasteiger partial charge in [-0.15, -0.1) is 0 Å². The van der Waals surface area contributed by atoms with E-state index in [1.54, 1.807) is 11.5 Å². The summed E-state index contributed by atoms with van der Waals surface area (Å²) in [5, 5.41) is 3.67. The molecule has 5 heteroatoms. The van der Waals surface area contributed by atoms with Gasteiger partial charge in [-0.1, -0.05) is 18.2 Å². The molecule has 0 saturated heterocycles. The number of rotatable bonds is 4. The monoisotopic (exact) mass is 324 g/mol. The average Bonchev–Trinajstić information content (AvgIpc) is 2.57. The predicted molar refractivity (Wildman–Crippen MR) is 92.6 cm³/mol. The molecular weight excluding hydrogens is 307 g/mol. The minimum absolute atomic E-state index is 0.0942. The number of anilines is 1. The molecular formula is C19H17FN2O2. The second-order valence-electron chi connectivity index (χ2n) is 5.65. The van der Waals surface area contributed by atoms with E-state index in [1.807, 2.05) is 30.3 Å². The number of aromatic nitrogens is 1. The number of nitrogens with zero attached hydrogens (tertiary/aromatic N) is 1. The van der Waals surface area contributed by atoms with E-state index >= 15 is 0 Å². The fourth-order valence-electron chi connectivity index (χ4n) is 2.66. The van der Waals surface area contributed by atoms with E-state index in [2.05, 4.69) is 5.32 Å². The molecule has 0 aliphatic heterocycles. The lowest BCUT2D eigenvalue weighted by Crippen LogP contribution is -2.25. The van der Waals surface area contributed by atoms with Crippen molar-refractivity contribution in [2.24, 2.45) is 0 Å². The summed E-state index contributed by atoms with van der Waals surface area (Å²) >= 11 is 0. The molecule has 1 aromatic heterocycles. The number of amides is 1. The molecule has 3 rings (SSSR count). The van der Waals surface area contributed by atoms with E-state index in [1.165, 1.54) is 24.3 Å². The third-order valence-corrected chi connectivity index (χ3v) is 3.87. The van der Waals surface area contributed by atoms with Crippen LogP contribution in [0.2, 0.25) is 0 Å². The maximum absolute atomic E-state index is 12.9. The number of carbonyl (C=O) groups is 1. The van der Waals surface area contributed by atoms with Crippen molar-refractivity contribution in [3.8, 4) is 0 Å². The molecule has 2 aromatic carbocycles. The molecule has 3 aromatic rings. The van der Waals surface area contributed by atoms with Gasteiger partial charge in [0.1, 0.15) is 5.82 Å². The first kappa shape index (κ1) is 15.9. The van der Waals surface area contributed by atoms with Crippen molar-refractivity contribution in [1.82, 2.24) is 4.57 Å². The zero-order valence-corrected chi connectivity index (χ0v) is 13.3. The number of carbonyl (C=O) groups excluding carboxylic acids is 1. The highest BCUT2D eigenvalue weighted by Gasteiger charge is 2.09. The highest BCUT2D eigenvalue weighted by atomic mass is 19.1. The van der Waals surface area contributed by atoms with Crippen LogP contribution in [0.1, 0.15) is 12.0 Å². The van der Waals surface area contributed by atoms with Gasteiger partial charge < -0.3 is 9.88 Å². The van der Waals surface area contributed by atoms with Crippen LogP contribution in [0.5, 0.6) is 0 Å². The quantitative estimate of drug-likeness (QED) is 0.799. The van der Waals surface area contributed by atoms with Gasteiger partial charge in [0, 0.05) is 24.2 Å². The van der Waals surface area contributed by atoms with E-state index in [9.17, 15) is 14.0 Å². The number of pyridine rings is 1. The van der Waals surface area contributed by atoms with Gasteiger partial charge in [0.25, 0.3) is 5.56 Å². The van der Waals surface area contributed by atoms with E-state index in [0.29, 0.717) is 11.3 Å². The van der Waals surface area contributed by atoms with E-state index < -0.39 is 0 Å². The standard InChI is InChI=1S/C19H17FN2O2/c1-13-12-14-4-2-3-5-17(14)22(19(13)24)11-10-18(23)21-16-8-6-15(20)7-9-16/h2-9,12H,10-11H2,1H3,(H,21,23). The van der Waals surface area contributed by atoms with Gasteiger partial charge >= 0.3 is 0 Å². The summed E-state index contributed by atoms with van der Waals surface area (Å²) in [6.07, 6.45) is 0.157. The van der Waals surface area contributed by atoms with Crippen molar-refractivity contribution in [1.29, 1.82) is 0 Å². The number of benzene rings is 2. The van der Waals surface area contributed by atoms with Crippen LogP contribution in [-0.2, 0) is 11.3 Å². The van der Waals surface area contributed by atoms with Gasteiger partial charge in [-0.2, -0.15) is 0 Å². The van der Waals surface area contributed by atoms with Crippen LogP contribution >= 0.6 is 0 Å². The van der Waals surface area contributed by atoms with Crippen molar-refractivity contribution in [2.75, 3.05) is 5.32 Å². The van der Waals surface area contributed by atoms with E-state index in [-0.39, 0.29) is 30.2 Å². The minimum Gasteiger partial charge on any atom is -0.326 e. The Bertz CT molecular complexity index is 946. The molecule has 0 unspecified atom stereocenters. The Hall–Kier alpha value is -2.95. The third-order valence-electron chi connectivity index (χ3n) is 3.87. The first-order valence-electron chi connectivity index (χ1n) is 7.69. The molecule has 0 bridgehead atoms. The summed E-state index contributed by atoms with van der Waals surface area (Å²) in [7, 11) is 0. The number of hydrogen-bond acceptors (Lipinski definition) is 2. The van der Waals surface area contributed by atoms with Gasteiger partial charge in [-0.3, -0.25) is 9.59 Å². The van der Waals surface area contributed by atoms with Crippen LogP contribution in [-0.4, -0.2) is 10.5 Å². The summed E-state index contributed by atoms with van der Waals surface area (Å²) in [6.45, 7) is 2.05. The van der Waals surface area contributed by atoms with Crippen molar-refractivity contribution >= 4 is 22.5 Å². The Kier molecular flexibility index (Phi) is 4.42. The molecule has 0 aliphatic rings. The molecule has 1 N–H and O–H groups in total. The normalized spacial score (nSPS) is 10.8. The largest absolute Gasteiger partial charge is 0.326 e. The van der Waals surface area contributed by atoms with Gasteiger partial charge in [-0.05, 0) is 48.7 Å². The Morgan fingerprint density at radius 1 is 1.12 bits per heavy atom. The smallest absolute Gasteiger partial charge is 0.253 e. The molecule has 1 amide bonds. The fraction of sp³-hybridized carbons (Fsp3) is 0.158. The molecule has 24 heavy (non-hydrogen) atoms. The Labute approximate surface area is 138 Å². The number of para-hydroxylation sites is 1. The van der Waals surface area contributed by atoms with Crippen LogP contribution in [0.25, 0.3) is 10.9 Å². The molecule has 0 saturated carbocycles. The maximum atomic E-state index is 12.9. The lowest BCUT2D eigenvalue weighted by Gasteiger charge is -2.12. The van der Waals surface area contributed by atoms with Gasteiger partial charge in [0.2, 0.25) is 5.91 Å². The van der Waals surface area contributed by atoms with Crippen LogP contribution in [0.3, 0.4) is 0 Å². The van der Waals surface area contributed by atoms with Gasteiger partial charge in [0.05, 0.1) is 5.52 Å². The second kappa shape index (κ2) is 6.66. The lowest BCUT2D eigenvalue weighted by atomic mass is 10.1. The van der Waals surface area contributed by atoms with Crippen molar-refractivity contribution in [3.05, 3.63) is 76.3 Å².